The van der Waals surface area contributed by atoms with Gasteiger partial charge < -0.3 is 15.0 Å². The van der Waals surface area contributed by atoms with Crippen molar-refractivity contribution in [2.45, 2.75) is 44.8 Å². The zero-order valence-electron chi connectivity index (χ0n) is 9.37. The van der Waals surface area contributed by atoms with Crippen molar-refractivity contribution in [3.8, 4) is 0 Å². The monoisotopic (exact) mass is 212 g/mol. The number of rotatable bonds is 4. The highest BCUT2D eigenvalue weighted by atomic mass is 16.6. The smallest absolute Gasteiger partial charge is 0.410 e. The van der Waals surface area contributed by atoms with E-state index in [2.05, 4.69) is 12.2 Å². The first-order valence-electron chi connectivity index (χ1n) is 6.01. The van der Waals surface area contributed by atoms with Crippen molar-refractivity contribution in [3.63, 3.8) is 0 Å². The summed E-state index contributed by atoms with van der Waals surface area (Å²) in [5, 5.41) is 3.26. The van der Waals surface area contributed by atoms with Gasteiger partial charge in [0, 0.05) is 13.1 Å². The minimum absolute atomic E-state index is 0.0906. The Morgan fingerprint density at radius 2 is 2.40 bits per heavy atom. The molecule has 1 amide bonds. The highest BCUT2D eigenvalue weighted by molar-refractivity contribution is 5.70. The van der Waals surface area contributed by atoms with Crippen LogP contribution < -0.4 is 5.32 Å². The number of unbranched alkanes of at least 4 members (excludes halogenated alkanes) is 2. The molecule has 86 valence electrons. The molecule has 0 aliphatic carbocycles. The van der Waals surface area contributed by atoms with Gasteiger partial charge in [0.15, 0.2) is 0 Å². The van der Waals surface area contributed by atoms with Crippen molar-refractivity contribution in [3.05, 3.63) is 0 Å². The second-order valence-corrected chi connectivity index (χ2v) is 4.38. The van der Waals surface area contributed by atoms with E-state index in [0.717, 1.165) is 32.5 Å². The minimum Gasteiger partial charge on any atom is -0.443 e. The lowest BCUT2D eigenvalue weighted by Gasteiger charge is -2.28. The number of hydrogen-bond acceptors (Lipinski definition) is 3. The summed E-state index contributed by atoms with van der Waals surface area (Å²) < 4.78 is 5.33. The van der Waals surface area contributed by atoms with Gasteiger partial charge in [0.2, 0.25) is 0 Å². The Morgan fingerprint density at radius 3 is 3.20 bits per heavy atom. The molecule has 4 heteroatoms. The lowest BCUT2D eigenvalue weighted by atomic mass is 10.0. The van der Waals surface area contributed by atoms with Crippen LogP contribution in [-0.4, -0.2) is 42.8 Å². The van der Waals surface area contributed by atoms with Crippen LogP contribution in [0.15, 0.2) is 0 Å². The number of carbonyl (C=O) groups is 1. The van der Waals surface area contributed by atoms with Crippen molar-refractivity contribution in [2.75, 3.05) is 19.6 Å². The van der Waals surface area contributed by atoms with Crippen LogP contribution in [0.3, 0.4) is 0 Å². The average molecular weight is 212 g/mol. The number of piperidine rings is 1. The zero-order chi connectivity index (χ0) is 10.7. The van der Waals surface area contributed by atoms with Gasteiger partial charge in [-0.15, -0.1) is 0 Å². The molecule has 2 fully saturated rings. The Morgan fingerprint density at radius 1 is 1.53 bits per heavy atom. The van der Waals surface area contributed by atoms with Gasteiger partial charge >= 0.3 is 6.09 Å². The second-order valence-electron chi connectivity index (χ2n) is 4.38. The van der Waals surface area contributed by atoms with Crippen LogP contribution in [0.1, 0.15) is 32.6 Å². The first-order chi connectivity index (χ1) is 7.33. The molecule has 2 aliphatic heterocycles. The number of nitrogens with one attached hydrogen (secondary N) is 1. The Bertz CT molecular complexity index is 233. The molecule has 2 unspecified atom stereocenters. The van der Waals surface area contributed by atoms with Crippen LogP contribution in [0.4, 0.5) is 4.79 Å². The van der Waals surface area contributed by atoms with Crippen LogP contribution in [0.25, 0.3) is 0 Å². The van der Waals surface area contributed by atoms with Crippen LogP contribution >= 0.6 is 0 Å². The minimum atomic E-state index is -0.107. The third-order valence-corrected chi connectivity index (χ3v) is 3.28. The van der Waals surface area contributed by atoms with E-state index in [1.807, 2.05) is 4.90 Å². The summed E-state index contributed by atoms with van der Waals surface area (Å²) in [6.45, 7) is 4.87. The van der Waals surface area contributed by atoms with Gasteiger partial charge in [-0.25, -0.2) is 4.79 Å². The SMILES string of the molecule is CCCCCN1C(=O)OC2CNCCC21. The van der Waals surface area contributed by atoms with E-state index in [1.54, 1.807) is 0 Å². The van der Waals surface area contributed by atoms with Crippen LogP contribution in [0.5, 0.6) is 0 Å². The average Bonchev–Trinajstić information content (AvgIpc) is 2.56. The largest absolute Gasteiger partial charge is 0.443 e. The predicted octanol–water partition coefficient (Wildman–Crippen LogP) is 1.36. The molecule has 0 saturated carbocycles. The maximum atomic E-state index is 11.6. The van der Waals surface area contributed by atoms with Gasteiger partial charge in [-0.3, -0.25) is 0 Å². The Balaban J connectivity index is 1.88. The van der Waals surface area contributed by atoms with Gasteiger partial charge in [0.1, 0.15) is 6.10 Å². The summed E-state index contributed by atoms with van der Waals surface area (Å²) in [6, 6.07) is 0.329. The van der Waals surface area contributed by atoms with E-state index in [0.29, 0.717) is 6.04 Å². The molecule has 1 N–H and O–H groups in total. The molecular weight excluding hydrogens is 192 g/mol. The molecule has 2 aliphatic rings. The molecule has 15 heavy (non-hydrogen) atoms. The fraction of sp³-hybridized carbons (Fsp3) is 0.909. The highest BCUT2D eigenvalue weighted by Crippen LogP contribution is 2.24. The maximum absolute atomic E-state index is 11.6. The molecule has 0 radical (unpaired) electrons. The van der Waals surface area contributed by atoms with Gasteiger partial charge in [0.05, 0.1) is 6.04 Å². The van der Waals surface area contributed by atoms with E-state index in [-0.39, 0.29) is 12.2 Å². The van der Waals surface area contributed by atoms with E-state index in [9.17, 15) is 4.79 Å². The molecule has 4 nitrogen and oxygen atoms in total. The molecule has 0 aromatic heterocycles. The van der Waals surface area contributed by atoms with Crippen LogP contribution in [0.2, 0.25) is 0 Å². The Labute approximate surface area is 91.0 Å². The fourth-order valence-electron chi connectivity index (χ4n) is 2.41. The Hall–Kier alpha value is -0.770. The third-order valence-electron chi connectivity index (χ3n) is 3.28. The van der Waals surface area contributed by atoms with E-state index in [1.165, 1.54) is 12.8 Å². The van der Waals surface area contributed by atoms with Crippen LogP contribution in [0, 0.1) is 0 Å². The highest BCUT2D eigenvalue weighted by Gasteiger charge is 2.42. The number of hydrogen-bond donors (Lipinski definition) is 1. The summed E-state index contributed by atoms with van der Waals surface area (Å²) in [5.74, 6) is 0. The summed E-state index contributed by atoms with van der Waals surface area (Å²) in [7, 11) is 0. The third kappa shape index (κ3) is 2.25. The quantitative estimate of drug-likeness (QED) is 0.715. The Kier molecular flexibility index (Phi) is 3.46. The van der Waals surface area contributed by atoms with Crippen molar-refractivity contribution < 1.29 is 9.53 Å². The van der Waals surface area contributed by atoms with E-state index in [4.69, 9.17) is 4.74 Å². The number of fused-ring (bicyclic) bond motifs is 1. The van der Waals surface area contributed by atoms with Gasteiger partial charge in [-0.05, 0) is 19.4 Å². The molecule has 2 heterocycles. The number of ether oxygens (including phenoxy) is 1. The standard InChI is InChI=1S/C11H20N2O2/c1-2-3-4-7-13-9-5-6-12-8-10(9)15-11(13)14/h9-10,12H,2-8H2,1H3. The first-order valence-corrected chi connectivity index (χ1v) is 6.01. The molecule has 2 atom stereocenters. The van der Waals surface area contributed by atoms with Crippen molar-refractivity contribution in [1.29, 1.82) is 0 Å². The molecule has 2 saturated heterocycles. The fourth-order valence-corrected chi connectivity index (χ4v) is 2.41. The normalized spacial score (nSPS) is 30.2. The zero-order valence-corrected chi connectivity index (χ0v) is 9.37. The van der Waals surface area contributed by atoms with Gasteiger partial charge in [-0.2, -0.15) is 0 Å². The molecule has 0 aromatic rings. The molecular formula is C11H20N2O2. The first kappa shape index (κ1) is 10.7. The number of carbonyl (C=O) groups excluding carboxylic acids is 1. The summed E-state index contributed by atoms with van der Waals surface area (Å²) in [4.78, 5) is 13.5. The molecule has 0 aromatic carbocycles. The second kappa shape index (κ2) is 4.84. The van der Waals surface area contributed by atoms with Crippen molar-refractivity contribution in [2.24, 2.45) is 0 Å². The number of amides is 1. The molecule has 2 rings (SSSR count). The summed E-state index contributed by atoms with van der Waals surface area (Å²) in [6.07, 6.45) is 4.50. The van der Waals surface area contributed by atoms with E-state index >= 15 is 0 Å². The van der Waals surface area contributed by atoms with E-state index < -0.39 is 0 Å². The summed E-state index contributed by atoms with van der Waals surface area (Å²) >= 11 is 0. The number of nitrogens with zero attached hydrogens (tertiary/aromatic N) is 1. The van der Waals surface area contributed by atoms with Crippen molar-refractivity contribution >= 4 is 6.09 Å². The van der Waals surface area contributed by atoms with Gasteiger partial charge in [0.25, 0.3) is 0 Å². The van der Waals surface area contributed by atoms with Gasteiger partial charge in [-0.1, -0.05) is 19.8 Å². The predicted molar refractivity (Wildman–Crippen MR) is 57.8 cm³/mol. The lowest BCUT2D eigenvalue weighted by Crippen LogP contribution is -2.47. The topological polar surface area (TPSA) is 41.6 Å². The maximum Gasteiger partial charge on any atom is 0.410 e. The summed E-state index contributed by atoms with van der Waals surface area (Å²) in [5.41, 5.74) is 0. The molecule has 0 bridgehead atoms. The van der Waals surface area contributed by atoms with Crippen molar-refractivity contribution in [1.82, 2.24) is 10.2 Å². The molecule has 0 spiro atoms. The van der Waals surface area contributed by atoms with Crippen LogP contribution in [-0.2, 0) is 4.74 Å². The lowest BCUT2D eigenvalue weighted by molar-refractivity contribution is 0.121.